The Bertz CT molecular complexity index is 375. The van der Waals surface area contributed by atoms with Gasteiger partial charge in [0.1, 0.15) is 5.82 Å². The molecule has 2 nitrogen and oxygen atoms in total. The number of rotatable bonds is 4. The van der Waals surface area contributed by atoms with E-state index in [1.54, 1.807) is 6.07 Å². The Morgan fingerprint density at radius 3 is 2.87 bits per heavy atom. The highest BCUT2D eigenvalue weighted by Gasteiger charge is 2.12. The summed E-state index contributed by atoms with van der Waals surface area (Å²) in [5, 5.41) is 8.25. The number of carboxylic acids is 1. The van der Waals surface area contributed by atoms with Crippen molar-refractivity contribution < 1.29 is 18.7 Å². The van der Waals surface area contributed by atoms with Crippen molar-refractivity contribution in [1.29, 1.82) is 0 Å². The third kappa shape index (κ3) is 3.89. The van der Waals surface area contributed by atoms with Gasteiger partial charge in [0.05, 0.1) is 0 Å². The van der Waals surface area contributed by atoms with Crippen molar-refractivity contribution in [3.05, 3.63) is 41.7 Å². The zero-order chi connectivity index (χ0) is 11.3. The third-order valence-corrected chi connectivity index (χ3v) is 1.77. The maximum absolute atomic E-state index is 12.7. The zero-order valence-corrected chi connectivity index (χ0v) is 7.86. The average molecular weight is 212 g/mol. The molecule has 0 heterocycles. The number of allylic oxidation sites excluding steroid dienone is 1. The van der Waals surface area contributed by atoms with E-state index in [0.717, 1.165) is 0 Å². The Hall–Kier alpha value is -1.71. The van der Waals surface area contributed by atoms with E-state index in [9.17, 15) is 13.6 Å². The predicted octanol–water partition coefficient (Wildman–Crippen LogP) is 2.65. The van der Waals surface area contributed by atoms with Crippen molar-refractivity contribution in [2.75, 3.05) is 0 Å². The van der Waals surface area contributed by atoms with Gasteiger partial charge in [-0.2, -0.15) is 0 Å². The highest BCUT2D eigenvalue weighted by Crippen LogP contribution is 2.07. The summed E-state index contributed by atoms with van der Waals surface area (Å²) >= 11 is 0. The van der Waals surface area contributed by atoms with Crippen molar-refractivity contribution in [1.82, 2.24) is 0 Å². The number of aliphatic carboxylic acids is 1. The fraction of sp³-hybridized carbons (Fsp3) is 0.182. The van der Waals surface area contributed by atoms with E-state index in [1.165, 1.54) is 30.4 Å². The molecule has 0 fully saturated rings. The van der Waals surface area contributed by atoms with Crippen LogP contribution in [0.3, 0.4) is 0 Å². The molecular weight excluding hydrogens is 202 g/mol. The molecule has 1 N–H and O–H groups in total. The molecule has 0 radical (unpaired) electrons. The van der Waals surface area contributed by atoms with E-state index in [4.69, 9.17) is 5.11 Å². The van der Waals surface area contributed by atoms with Crippen LogP contribution >= 0.6 is 0 Å². The second-order valence-corrected chi connectivity index (χ2v) is 3.00. The van der Waals surface area contributed by atoms with Gasteiger partial charge in [-0.25, -0.2) is 13.6 Å². The average Bonchev–Trinajstić information content (AvgIpc) is 2.17. The first-order valence-corrected chi connectivity index (χ1v) is 4.38. The van der Waals surface area contributed by atoms with Crippen molar-refractivity contribution in [2.45, 2.75) is 12.6 Å². The van der Waals surface area contributed by atoms with Crippen molar-refractivity contribution in [3.63, 3.8) is 0 Å². The molecule has 1 aromatic carbocycles. The summed E-state index contributed by atoms with van der Waals surface area (Å²) in [7, 11) is 0. The number of hydrogen-bond acceptors (Lipinski definition) is 1. The first-order valence-electron chi connectivity index (χ1n) is 4.38. The third-order valence-electron chi connectivity index (χ3n) is 1.77. The van der Waals surface area contributed by atoms with Crippen LogP contribution in [0.25, 0.3) is 6.08 Å². The van der Waals surface area contributed by atoms with E-state index < -0.39 is 12.1 Å². The number of benzene rings is 1. The van der Waals surface area contributed by atoms with Gasteiger partial charge in [0.25, 0.3) is 0 Å². The molecule has 15 heavy (non-hydrogen) atoms. The number of carbonyl (C=O) groups is 1. The Balaban J connectivity index is 2.55. The normalized spacial score (nSPS) is 12.9. The molecule has 0 aliphatic heterocycles. The molecule has 4 heteroatoms. The van der Waals surface area contributed by atoms with Crippen LogP contribution in [0.15, 0.2) is 30.3 Å². The van der Waals surface area contributed by atoms with E-state index in [-0.39, 0.29) is 12.2 Å². The molecule has 0 amide bonds. The van der Waals surface area contributed by atoms with Crippen molar-refractivity contribution in [3.8, 4) is 0 Å². The Morgan fingerprint density at radius 2 is 2.27 bits per heavy atom. The molecule has 1 rings (SSSR count). The lowest BCUT2D eigenvalue weighted by Crippen LogP contribution is -2.12. The lowest BCUT2D eigenvalue weighted by molar-refractivity contribution is -0.142. The molecule has 0 saturated carbocycles. The minimum absolute atomic E-state index is 0.216. The smallest absolute Gasteiger partial charge is 0.338 e. The largest absolute Gasteiger partial charge is 0.479 e. The van der Waals surface area contributed by atoms with Crippen LogP contribution in [0.5, 0.6) is 0 Å². The van der Waals surface area contributed by atoms with E-state index in [0.29, 0.717) is 5.56 Å². The summed E-state index contributed by atoms with van der Waals surface area (Å²) in [5.41, 5.74) is 0.576. The molecule has 1 unspecified atom stereocenters. The highest BCUT2D eigenvalue weighted by molar-refractivity contribution is 5.72. The Morgan fingerprint density at radius 1 is 1.53 bits per heavy atom. The zero-order valence-electron chi connectivity index (χ0n) is 7.86. The predicted molar refractivity (Wildman–Crippen MR) is 52.6 cm³/mol. The van der Waals surface area contributed by atoms with Gasteiger partial charge < -0.3 is 5.11 Å². The van der Waals surface area contributed by atoms with Crippen molar-refractivity contribution in [2.24, 2.45) is 0 Å². The van der Waals surface area contributed by atoms with Crippen LogP contribution in [-0.2, 0) is 4.79 Å². The molecule has 0 spiro atoms. The molecule has 0 aromatic heterocycles. The van der Waals surface area contributed by atoms with Crippen LogP contribution < -0.4 is 0 Å². The van der Waals surface area contributed by atoms with Crippen molar-refractivity contribution >= 4 is 12.0 Å². The van der Waals surface area contributed by atoms with E-state index in [2.05, 4.69) is 0 Å². The standard InChI is InChI=1S/C11H10F2O2/c12-9-5-1-3-8(7-9)4-2-6-10(13)11(14)15/h1-5,7,10H,6H2,(H,14,15)/b4-2+. The topological polar surface area (TPSA) is 37.3 Å². The van der Waals surface area contributed by atoms with Gasteiger partial charge in [0, 0.05) is 6.42 Å². The summed E-state index contributed by atoms with van der Waals surface area (Å²) < 4.78 is 25.3. The number of hydrogen-bond donors (Lipinski definition) is 1. The Labute approximate surface area is 85.9 Å². The van der Waals surface area contributed by atoms with Gasteiger partial charge in [0.2, 0.25) is 6.17 Å². The molecular formula is C11H10F2O2. The van der Waals surface area contributed by atoms with Gasteiger partial charge in [-0.1, -0.05) is 24.3 Å². The number of carboxylic acid groups (broad SMARTS) is 1. The Kier molecular flexibility index (Phi) is 3.97. The number of alkyl halides is 1. The number of halogens is 2. The van der Waals surface area contributed by atoms with Gasteiger partial charge in [0.15, 0.2) is 0 Å². The summed E-state index contributed by atoms with van der Waals surface area (Å²) in [5.74, 6) is -1.87. The fourth-order valence-corrected chi connectivity index (χ4v) is 1.03. The lowest BCUT2D eigenvalue weighted by Gasteiger charge is -1.97. The van der Waals surface area contributed by atoms with Crippen LogP contribution in [0.4, 0.5) is 8.78 Å². The van der Waals surface area contributed by atoms with Gasteiger partial charge >= 0.3 is 5.97 Å². The highest BCUT2D eigenvalue weighted by atomic mass is 19.1. The second-order valence-electron chi connectivity index (χ2n) is 3.00. The minimum atomic E-state index is -1.91. The molecule has 1 aromatic rings. The molecule has 1 atom stereocenters. The maximum Gasteiger partial charge on any atom is 0.338 e. The molecule has 0 aliphatic carbocycles. The lowest BCUT2D eigenvalue weighted by atomic mass is 10.2. The monoisotopic (exact) mass is 212 g/mol. The van der Waals surface area contributed by atoms with E-state index in [1.807, 2.05) is 0 Å². The summed E-state index contributed by atoms with van der Waals surface area (Å²) in [6, 6.07) is 5.75. The molecule has 0 saturated heterocycles. The van der Waals surface area contributed by atoms with Crippen LogP contribution in [0, 0.1) is 5.82 Å². The quantitative estimate of drug-likeness (QED) is 0.833. The fourth-order valence-electron chi connectivity index (χ4n) is 1.03. The second kappa shape index (κ2) is 5.24. The summed E-state index contributed by atoms with van der Waals surface area (Å²) in [6.07, 6.45) is 0.729. The molecule has 0 bridgehead atoms. The first-order chi connectivity index (χ1) is 7.09. The molecule has 80 valence electrons. The van der Waals surface area contributed by atoms with Crippen LogP contribution in [0.2, 0.25) is 0 Å². The summed E-state index contributed by atoms with van der Waals surface area (Å²) in [4.78, 5) is 10.1. The van der Waals surface area contributed by atoms with Crippen LogP contribution in [0.1, 0.15) is 12.0 Å². The SMILES string of the molecule is O=C(O)C(F)C/C=C/c1cccc(F)c1. The van der Waals surface area contributed by atoms with Gasteiger partial charge in [-0.05, 0) is 17.7 Å². The minimum Gasteiger partial charge on any atom is -0.479 e. The van der Waals surface area contributed by atoms with Gasteiger partial charge in [-0.15, -0.1) is 0 Å². The first kappa shape index (κ1) is 11.4. The maximum atomic E-state index is 12.7. The van der Waals surface area contributed by atoms with Gasteiger partial charge in [-0.3, -0.25) is 0 Å². The van der Waals surface area contributed by atoms with E-state index >= 15 is 0 Å². The van der Waals surface area contributed by atoms with Crippen LogP contribution in [-0.4, -0.2) is 17.2 Å². The summed E-state index contributed by atoms with van der Waals surface area (Å²) in [6.45, 7) is 0. The molecule has 0 aliphatic rings.